The second-order valence-corrected chi connectivity index (χ2v) is 13.6. The number of allylic oxidation sites excluding steroid dienone is 4. The van der Waals surface area contributed by atoms with Crippen LogP contribution in [0.5, 0.6) is 17.2 Å². The maximum Gasteiger partial charge on any atom is 0.119 e. The van der Waals surface area contributed by atoms with E-state index in [-0.39, 0.29) is 10.8 Å². The molecule has 2 atom stereocenters. The van der Waals surface area contributed by atoms with Crippen molar-refractivity contribution in [2.45, 2.75) is 43.9 Å². The Morgan fingerprint density at radius 3 is 1.34 bits per heavy atom. The molecule has 5 aromatic carbocycles. The highest BCUT2D eigenvalue weighted by atomic mass is 16.5. The minimum Gasteiger partial charge on any atom is -0.494 e. The van der Waals surface area contributed by atoms with Gasteiger partial charge >= 0.3 is 0 Å². The van der Waals surface area contributed by atoms with Gasteiger partial charge < -0.3 is 18.9 Å². The SMILES string of the molecule is C=CCOC1=CC=C(C(C)(c2ccccc2)c2ccc(OCCCOc3ccc(C(C)(c4ccccc4)c4ccc(OCC=C)cc4)cc3)cc2)CC1. The van der Waals surface area contributed by atoms with Crippen LogP contribution < -0.4 is 14.2 Å². The molecule has 4 heteroatoms. The zero-order chi connectivity index (χ0) is 36.9. The van der Waals surface area contributed by atoms with Crippen LogP contribution in [-0.4, -0.2) is 26.4 Å². The monoisotopic (exact) mass is 702 g/mol. The van der Waals surface area contributed by atoms with E-state index in [1.165, 1.54) is 33.4 Å². The van der Waals surface area contributed by atoms with Gasteiger partial charge in [0.05, 0.1) is 19.0 Å². The first kappa shape index (κ1) is 37.0. The summed E-state index contributed by atoms with van der Waals surface area (Å²) in [6, 6.07) is 46.7. The van der Waals surface area contributed by atoms with Crippen LogP contribution in [0, 0.1) is 0 Å². The van der Waals surface area contributed by atoms with Gasteiger partial charge in [0, 0.05) is 23.7 Å². The molecule has 0 aromatic heterocycles. The Morgan fingerprint density at radius 2 is 0.887 bits per heavy atom. The van der Waals surface area contributed by atoms with Crippen LogP contribution in [0.15, 0.2) is 182 Å². The molecule has 53 heavy (non-hydrogen) atoms. The highest BCUT2D eigenvalue weighted by Gasteiger charge is 2.34. The Labute approximate surface area is 315 Å². The van der Waals surface area contributed by atoms with Crippen molar-refractivity contribution >= 4 is 0 Å². The van der Waals surface area contributed by atoms with Crippen LogP contribution in [0.1, 0.15) is 60.9 Å². The molecule has 270 valence electrons. The van der Waals surface area contributed by atoms with Gasteiger partial charge in [0.15, 0.2) is 0 Å². The maximum atomic E-state index is 6.16. The van der Waals surface area contributed by atoms with Crippen molar-refractivity contribution in [1.29, 1.82) is 0 Å². The van der Waals surface area contributed by atoms with E-state index in [9.17, 15) is 0 Å². The van der Waals surface area contributed by atoms with Crippen LogP contribution in [0.3, 0.4) is 0 Å². The van der Waals surface area contributed by atoms with Crippen LogP contribution in [0.2, 0.25) is 0 Å². The van der Waals surface area contributed by atoms with E-state index in [1.54, 1.807) is 12.2 Å². The average molecular weight is 703 g/mol. The molecular formula is C49H50O4. The lowest BCUT2D eigenvalue weighted by atomic mass is 9.68. The largest absolute Gasteiger partial charge is 0.494 e. The molecule has 0 aliphatic heterocycles. The third-order valence-electron chi connectivity index (χ3n) is 10.3. The predicted molar refractivity (Wildman–Crippen MR) is 217 cm³/mol. The number of benzene rings is 5. The fourth-order valence-corrected chi connectivity index (χ4v) is 7.15. The van der Waals surface area contributed by atoms with E-state index in [2.05, 4.69) is 160 Å². The Kier molecular flexibility index (Phi) is 12.3. The van der Waals surface area contributed by atoms with Gasteiger partial charge in [-0.05, 0) is 90.6 Å². The molecular weight excluding hydrogens is 653 g/mol. The summed E-state index contributed by atoms with van der Waals surface area (Å²) in [5, 5.41) is 0. The molecule has 0 N–H and O–H groups in total. The van der Waals surface area contributed by atoms with E-state index < -0.39 is 0 Å². The molecule has 5 aromatic rings. The summed E-state index contributed by atoms with van der Waals surface area (Å²) in [7, 11) is 0. The number of hydrogen-bond acceptors (Lipinski definition) is 4. The standard InChI is InChI=1S/C49H50O4/c1-5-34-50-44-26-18-40(19-27-44)48(3,38-14-9-7-10-15-38)42-22-30-46(31-23-42)52-36-13-37-53-47-32-24-43(25-33-47)49(4,39-16-11-8-12-17-39)41-20-28-45(29-21-41)51-35-6-2/h5-12,14-20,22-28,30-33H,1-2,13,21,29,34-37H2,3-4H3. The van der Waals surface area contributed by atoms with Crippen molar-refractivity contribution in [3.63, 3.8) is 0 Å². The molecule has 0 radical (unpaired) electrons. The van der Waals surface area contributed by atoms with Crippen molar-refractivity contribution in [2.24, 2.45) is 0 Å². The average Bonchev–Trinajstić information content (AvgIpc) is 3.23. The highest BCUT2D eigenvalue weighted by Crippen LogP contribution is 2.43. The highest BCUT2D eigenvalue weighted by molar-refractivity contribution is 5.52. The molecule has 6 rings (SSSR count). The lowest BCUT2D eigenvalue weighted by molar-refractivity contribution is 0.234. The van der Waals surface area contributed by atoms with Crippen LogP contribution >= 0.6 is 0 Å². The fraction of sp³-hybridized carbons (Fsp3) is 0.224. The summed E-state index contributed by atoms with van der Waals surface area (Å²) < 4.78 is 23.9. The lowest BCUT2D eigenvalue weighted by Crippen LogP contribution is -2.27. The van der Waals surface area contributed by atoms with Gasteiger partial charge in [-0.1, -0.05) is 134 Å². The lowest BCUT2D eigenvalue weighted by Gasteiger charge is -2.35. The van der Waals surface area contributed by atoms with Gasteiger partial charge in [0.2, 0.25) is 0 Å². The summed E-state index contributed by atoms with van der Waals surface area (Å²) in [5.41, 5.74) is 6.82. The van der Waals surface area contributed by atoms with Gasteiger partial charge in [-0.2, -0.15) is 0 Å². The minimum absolute atomic E-state index is 0.271. The predicted octanol–water partition coefficient (Wildman–Crippen LogP) is 11.6. The molecule has 0 saturated carbocycles. The first-order valence-electron chi connectivity index (χ1n) is 18.5. The number of ether oxygens (including phenoxy) is 4. The first-order chi connectivity index (χ1) is 25.9. The zero-order valence-electron chi connectivity index (χ0n) is 31.0. The molecule has 0 spiro atoms. The van der Waals surface area contributed by atoms with Crippen molar-refractivity contribution in [2.75, 3.05) is 26.4 Å². The van der Waals surface area contributed by atoms with Crippen LogP contribution in [-0.2, 0) is 15.6 Å². The maximum absolute atomic E-state index is 6.16. The van der Waals surface area contributed by atoms with Gasteiger partial charge in [-0.3, -0.25) is 0 Å². The Hall–Kier alpha value is -5.74. The Bertz CT molecular complexity index is 1980. The van der Waals surface area contributed by atoms with Gasteiger partial charge in [-0.15, -0.1) is 0 Å². The molecule has 0 amide bonds. The summed E-state index contributed by atoms with van der Waals surface area (Å²) in [5.74, 6) is 3.53. The summed E-state index contributed by atoms with van der Waals surface area (Å²) in [4.78, 5) is 0. The summed E-state index contributed by atoms with van der Waals surface area (Å²) in [6.07, 6.45) is 10.5. The second-order valence-electron chi connectivity index (χ2n) is 13.6. The minimum atomic E-state index is -0.354. The quantitative estimate of drug-likeness (QED) is 0.0517. The van der Waals surface area contributed by atoms with Crippen LogP contribution in [0.25, 0.3) is 0 Å². The van der Waals surface area contributed by atoms with Crippen molar-refractivity contribution in [3.8, 4) is 17.2 Å². The van der Waals surface area contributed by atoms with E-state index >= 15 is 0 Å². The van der Waals surface area contributed by atoms with Crippen molar-refractivity contribution < 1.29 is 18.9 Å². The second kappa shape index (κ2) is 17.7. The van der Waals surface area contributed by atoms with Crippen molar-refractivity contribution in [1.82, 2.24) is 0 Å². The zero-order valence-corrected chi connectivity index (χ0v) is 31.0. The van der Waals surface area contributed by atoms with E-state index in [0.29, 0.717) is 26.4 Å². The summed E-state index contributed by atoms with van der Waals surface area (Å²) >= 11 is 0. The van der Waals surface area contributed by atoms with E-state index in [4.69, 9.17) is 18.9 Å². The van der Waals surface area contributed by atoms with E-state index in [0.717, 1.165) is 42.3 Å². The van der Waals surface area contributed by atoms with Gasteiger partial charge in [0.25, 0.3) is 0 Å². The summed E-state index contributed by atoms with van der Waals surface area (Å²) in [6.45, 7) is 14.2. The molecule has 1 aliphatic carbocycles. The third kappa shape index (κ3) is 8.67. The van der Waals surface area contributed by atoms with E-state index in [1.807, 2.05) is 12.1 Å². The normalized spacial score (nSPS) is 14.8. The number of rotatable bonds is 18. The molecule has 1 aliphatic rings. The molecule has 4 nitrogen and oxygen atoms in total. The Balaban J connectivity index is 1.06. The van der Waals surface area contributed by atoms with Crippen molar-refractivity contribution in [3.05, 3.63) is 210 Å². The van der Waals surface area contributed by atoms with Gasteiger partial charge in [-0.25, -0.2) is 0 Å². The van der Waals surface area contributed by atoms with Crippen LogP contribution in [0.4, 0.5) is 0 Å². The topological polar surface area (TPSA) is 36.9 Å². The van der Waals surface area contributed by atoms with Gasteiger partial charge in [0.1, 0.15) is 30.5 Å². The molecule has 0 saturated heterocycles. The third-order valence-corrected chi connectivity index (χ3v) is 10.3. The molecule has 0 bridgehead atoms. The molecule has 2 unspecified atom stereocenters. The molecule has 0 heterocycles. The Morgan fingerprint density at radius 1 is 0.472 bits per heavy atom. The number of hydrogen-bond donors (Lipinski definition) is 0. The first-order valence-corrected chi connectivity index (χ1v) is 18.5. The smallest absolute Gasteiger partial charge is 0.119 e. The molecule has 0 fully saturated rings. The fourth-order valence-electron chi connectivity index (χ4n) is 7.15.